The van der Waals surface area contributed by atoms with E-state index in [0.29, 0.717) is 23.6 Å². The zero-order valence-electron chi connectivity index (χ0n) is 13.6. The predicted octanol–water partition coefficient (Wildman–Crippen LogP) is 3.49. The molecule has 9 heteroatoms. The maximum absolute atomic E-state index is 14.7. The van der Waals surface area contributed by atoms with Crippen molar-refractivity contribution >= 4 is 32.6 Å². The van der Waals surface area contributed by atoms with Crippen molar-refractivity contribution in [2.45, 2.75) is 13.3 Å². The van der Waals surface area contributed by atoms with E-state index in [-0.39, 0.29) is 11.3 Å². The highest BCUT2D eigenvalue weighted by Gasteiger charge is 2.22. The third-order valence-electron chi connectivity index (χ3n) is 3.61. The number of halogens is 2. The maximum atomic E-state index is 14.7. The van der Waals surface area contributed by atoms with Crippen LogP contribution in [0.15, 0.2) is 41.1 Å². The number of rotatable bonds is 6. The van der Waals surface area contributed by atoms with E-state index in [2.05, 4.69) is 4.98 Å². The predicted molar refractivity (Wildman–Crippen MR) is 91.5 cm³/mol. The summed E-state index contributed by atoms with van der Waals surface area (Å²) in [7, 11) is -3.84. The Morgan fingerprint density at radius 2 is 2.00 bits per heavy atom. The van der Waals surface area contributed by atoms with Crippen LogP contribution in [0.2, 0.25) is 0 Å². The van der Waals surface area contributed by atoms with Gasteiger partial charge in [0.15, 0.2) is 23.6 Å². The molecule has 0 aliphatic rings. The summed E-state index contributed by atoms with van der Waals surface area (Å²) in [6, 6.07) is 5.68. The SMILES string of the molecule is CCCS(=O)(=O)Nc1cc(F)cc(C(=O)c2ccc3ncoc3c2)c1F. The van der Waals surface area contributed by atoms with Gasteiger partial charge < -0.3 is 4.42 Å². The lowest BCUT2D eigenvalue weighted by molar-refractivity contribution is 0.103. The molecule has 0 radical (unpaired) electrons. The summed E-state index contributed by atoms with van der Waals surface area (Å²) in [5.41, 5.74) is -0.312. The Morgan fingerprint density at radius 3 is 2.73 bits per heavy atom. The van der Waals surface area contributed by atoms with E-state index in [1.165, 1.54) is 24.6 Å². The van der Waals surface area contributed by atoms with E-state index in [1.54, 1.807) is 6.92 Å². The molecule has 136 valence electrons. The molecular formula is C17H14F2N2O4S. The molecule has 0 aliphatic carbocycles. The van der Waals surface area contributed by atoms with Gasteiger partial charge in [0.05, 0.1) is 17.0 Å². The number of anilines is 1. The number of nitrogens with zero attached hydrogens (tertiary/aromatic N) is 1. The van der Waals surface area contributed by atoms with Gasteiger partial charge in [0.1, 0.15) is 11.3 Å². The number of sulfonamides is 1. The third kappa shape index (κ3) is 3.57. The summed E-state index contributed by atoms with van der Waals surface area (Å²) in [6.45, 7) is 1.63. The summed E-state index contributed by atoms with van der Waals surface area (Å²) in [5.74, 6) is -3.15. The zero-order chi connectivity index (χ0) is 18.9. The molecule has 1 N–H and O–H groups in total. The van der Waals surface area contributed by atoms with Crippen LogP contribution in [0.1, 0.15) is 29.3 Å². The quantitative estimate of drug-likeness (QED) is 0.661. The fraction of sp³-hybridized carbons (Fsp3) is 0.176. The summed E-state index contributed by atoms with van der Waals surface area (Å²) in [5, 5.41) is 0. The zero-order valence-corrected chi connectivity index (χ0v) is 14.4. The normalized spacial score (nSPS) is 11.7. The first-order chi connectivity index (χ1) is 12.3. The van der Waals surface area contributed by atoms with Gasteiger partial charge in [0.25, 0.3) is 0 Å². The fourth-order valence-corrected chi connectivity index (χ4v) is 3.59. The van der Waals surface area contributed by atoms with Crippen LogP contribution in [0.3, 0.4) is 0 Å². The number of fused-ring (bicyclic) bond motifs is 1. The monoisotopic (exact) mass is 380 g/mol. The van der Waals surface area contributed by atoms with Gasteiger partial charge in [0, 0.05) is 11.6 Å². The molecule has 3 rings (SSSR count). The molecule has 26 heavy (non-hydrogen) atoms. The number of hydrogen-bond donors (Lipinski definition) is 1. The Bertz CT molecular complexity index is 1090. The summed E-state index contributed by atoms with van der Waals surface area (Å²) in [4.78, 5) is 16.5. The van der Waals surface area contributed by atoms with Gasteiger partial charge in [-0.25, -0.2) is 22.2 Å². The van der Waals surface area contributed by atoms with E-state index >= 15 is 0 Å². The number of carbonyl (C=O) groups is 1. The van der Waals surface area contributed by atoms with Crippen LogP contribution in [0.25, 0.3) is 11.1 Å². The lowest BCUT2D eigenvalue weighted by Gasteiger charge is -2.11. The standard InChI is InChI=1S/C17H14F2N2O4S/c1-2-5-26(23,24)21-14-8-11(18)7-12(16(14)19)17(22)10-3-4-13-15(6-10)25-9-20-13/h3-4,6-9,21H,2,5H2,1H3. The highest BCUT2D eigenvalue weighted by Crippen LogP contribution is 2.25. The minimum atomic E-state index is -3.84. The van der Waals surface area contributed by atoms with E-state index in [1.807, 2.05) is 4.72 Å². The maximum Gasteiger partial charge on any atom is 0.232 e. The van der Waals surface area contributed by atoms with Crippen molar-refractivity contribution in [1.29, 1.82) is 0 Å². The molecule has 0 fully saturated rings. The van der Waals surface area contributed by atoms with E-state index in [9.17, 15) is 22.0 Å². The Kier molecular flexibility index (Phi) is 4.73. The lowest BCUT2D eigenvalue weighted by Crippen LogP contribution is -2.18. The Hall–Kier alpha value is -2.81. The average Bonchev–Trinajstić information content (AvgIpc) is 3.04. The highest BCUT2D eigenvalue weighted by molar-refractivity contribution is 7.92. The van der Waals surface area contributed by atoms with E-state index in [4.69, 9.17) is 4.42 Å². The van der Waals surface area contributed by atoms with Gasteiger partial charge in [-0.2, -0.15) is 0 Å². The molecule has 0 saturated heterocycles. The van der Waals surface area contributed by atoms with Gasteiger partial charge in [-0.3, -0.25) is 9.52 Å². The second-order valence-electron chi connectivity index (χ2n) is 5.60. The molecule has 6 nitrogen and oxygen atoms in total. The number of benzene rings is 2. The van der Waals surface area contributed by atoms with Crippen molar-refractivity contribution in [2.24, 2.45) is 0 Å². The number of aromatic nitrogens is 1. The van der Waals surface area contributed by atoms with Crippen molar-refractivity contribution in [2.75, 3.05) is 10.5 Å². The van der Waals surface area contributed by atoms with Crippen LogP contribution in [0.4, 0.5) is 14.5 Å². The summed E-state index contributed by atoms with van der Waals surface area (Å²) < 4.78 is 59.3. The smallest absolute Gasteiger partial charge is 0.232 e. The molecule has 0 unspecified atom stereocenters. The van der Waals surface area contributed by atoms with E-state index < -0.39 is 38.7 Å². The lowest BCUT2D eigenvalue weighted by atomic mass is 10.0. The second-order valence-corrected chi connectivity index (χ2v) is 7.44. The van der Waals surface area contributed by atoms with Crippen LogP contribution in [-0.4, -0.2) is 24.9 Å². The van der Waals surface area contributed by atoms with Crippen molar-refractivity contribution in [3.05, 3.63) is 59.5 Å². The van der Waals surface area contributed by atoms with Crippen LogP contribution in [0, 0.1) is 11.6 Å². The largest absolute Gasteiger partial charge is 0.443 e. The molecule has 0 amide bonds. The minimum Gasteiger partial charge on any atom is -0.443 e. The third-order valence-corrected chi connectivity index (χ3v) is 5.09. The van der Waals surface area contributed by atoms with Crippen LogP contribution < -0.4 is 4.72 Å². The fourth-order valence-electron chi connectivity index (χ4n) is 2.47. The number of oxazole rings is 1. The summed E-state index contributed by atoms with van der Waals surface area (Å²) in [6.07, 6.45) is 1.50. The molecule has 1 heterocycles. The molecule has 0 aliphatic heterocycles. The molecule has 0 saturated carbocycles. The number of ketones is 1. The van der Waals surface area contributed by atoms with Crippen LogP contribution >= 0.6 is 0 Å². The second kappa shape index (κ2) is 6.83. The molecular weight excluding hydrogens is 366 g/mol. The minimum absolute atomic E-state index is 0.0566. The summed E-state index contributed by atoms with van der Waals surface area (Å²) >= 11 is 0. The number of hydrogen-bond acceptors (Lipinski definition) is 5. The molecule has 2 aromatic carbocycles. The molecule has 1 aromatic heterocycles. The first-order valence-corrected chi connectivity index (χ1v) is 9.33. The Labute approximate surface area is 147 Å². The molecule has 3 aromatic rings. The average molecular weight is 380 g/mol. The van der Waals surface area contributed by atoms with Gasteiger partial charge in [0.2, 0.25) is 10.0 Å². The molecule has 0 spiro atoms. The molecule has 0 atom stereocenters. The van der Waals surface area contributed by atoms with Crippen molar-refractivity contribution in [3.63, 3.8) is 0 Å². The Balaban J connectivity index is 2.02. The first kappa shape index (κ1) is 18.0. The van der Waals surface area contributed by atoms with Crippen molar-refractivity contribution in [3.8, 4) is 0 Å². The highest BCUT2D eigenvalue weighted by atomic mass is 32.2. The molecule has 0 bridgehead atoms. The van der Waals surface area contributed by atoms with E-state index in [0.717, 1.165) is 6.07 Å². The number of nitrogens with one attached hydrogen (secondary N) is 1. The van der Waals surface area contributed by atoms with Crippen LogP contribution in [-0.2, 0) is 10.0 Å². The van der Waals surface area contributed by atoms with Crippen molar-refractivity contribution < 1.29 is 26.4 Å². The van der Waals surface area contributed by atoms with Crippen molar-refractivity contribution in [1.82, 2.24) is 4.98 Å². The van der Waals surface area contributed by atoms with Gasteiger partial charge in [-0.05, 0) is 30.7 Å². The topological polar surface area (TPSA) is 89.3 Å². The number of carbonyl (C=O) groups excluding carboxylic acids is 1. The van der Waals surface area contributed by atoms with Gasteiger partial charge in [-0.1, -0.05) is 6.92 Å². The van der Waals surface area contributed by atoms with Gasteiger partial charge in [-0.15, -0.1) is 0 Å². The van der Waals surface area contributed by atoms with Gasteiger partial charge >= 0.3 is 0 Å². The first-order valence-electron chi connectivity index (χ1n) is 7.68. The Morgan fingerprint density at radius 1 is 1.23 bits per heavy atom. The van der Waals surface area contributed by atoms with Crippen LogP contribution in [0.5, 0.6) is 0 Å².